The maximum Gasteiger partial charge on any atom is 0.131 e. The molecule has 0 unspecified atom stereocenters. The standard InChI is InChI=1S/C11H8Cl2N2/c1-7-3-2-4-14-11(7)8-5-9(12)15-10(13)6-8/h2-6H,1H3. The van der Waals surface area contributed by atoms with Crippen molar-refractivity contribution in [3.63, 3.8) is 0 Å². The highest BCUT2D eigenvalue weighted by molar-refractivity contribution is 6.32. The molecule has 2 aromatic rings. The van der Waals surface area contributed by atoms with Crippen molar-refractivity contribution in [2.75, 3.05) is 0 Å². The molecule has 2 rings (SSSR count). The van der Waals surface area contributed by atoms with E-state index in [9.17, 15) is 0 Å². The van der Waals surface area contributed by atoms with Gasteiger partial charge in [-0.3, -0.25) is 4.98 Å². The fraction of sp³-hybridized carbons (Fsp3) is 0.0909. The van der Waals surface area contributed by atoms with Crippen LogP contribution in [0.25, 0.3) is 11.3 Å². The molecule has 0 saturated carbocycles. The van der Waals surface area contributed by atoms with E-state index < -0.39 is 0 Å². The Morgan fingerprint density at radius 3 is 2.40 bits per heavy atom. The summed E-state index contributed by atoms with van der Waals surface area (Å²) in [6, 6.07) is 7.39. The fourth-order valence-corrected chi connectivity index (χ4v) is 1.85. The lowest BCUT2D eigenvalue weighted by atomic mass is 10.1. The summed E-state index contributed by atoms with van der Waals surface area (Å²) in [5.41, 5.74) is 2.85. The van der Waals surface area contributed by atoms with Gasteiger partial charge < -0.3 is 0 Å². The van der Waals surface area contributed by atoms with E-state index >= 15 is 0 Å². The van der Waals surface area contributed by atoms with Crippen LogP contribution < -0.4 is 0 Å². The van der Waals surface area contributed by atoms with Gasteiger partial charge in [-0.15, -0.1) is 0 Å². The van der Waals surface area contributed by atoms with Crippen LogP contribution >= 0.6 is 23.2 Å². The summed E-state index contributed by atoms with van der Waals surface area (Å²) in [6.07, 6.45) is 1.74. The summed E-state index contributed by atoms with van der Waals surface area (Å²) in [5, 5.41) is 0.755. The van der Waals surface area contributed by atoms with Crippen LogP contribution in [0.5, 0.6) is 0 Å². The average molecular weight is 239 g/mol. The summed E-state index contributed by atoms with van der Waals surface area (Å²) >= 11 is 11.7. The lowest BCUT2D eigenvalue weighted by Gasteiger charge is -2.04. The van der Waals surface area contributed by atoms with Crippen LogP contribution in [0.3, 0.4) is 0 Å². The fourth-order valence-electron chi connectivity index (χ4n) is 1.39. The molecule has 0 spiro atoms. The number of rotatable bonds is 1. The van der Waals surface area contributed by atoms with Gasteiger partial charge in [-0.2, -0.15) is 0 Å². The van der Waals surface area contributed by atoms with Gasteiger partial charge in [0.1, 0.15) is 10.3 Å². The van der Waals surface area contributed by atoms with E-state index in [2.05, 4.69) is 9.97 Å². The monoisotopic (exact) mass is 238 g/mol. The summed E-state index contributed by atoms with van der Waals surface area (Å²) in [5.74, 6) is 0. The van der Waals surface area contributed by atoms with Gasteiger partial charge in [0.05, 0.1) is 5.69 Å². The van der Waals surface area contributed by atoms with Crippen molar-refractivity contribution in [2.45, 2.75) is 6.92 Å². The Bertz CT molecular complexity index is 477. The first kappa shape index (κ1) is 10.4. The molecule has 0 aliphatic rings. The maximum atomic E-state index is 5.83. The Morgan fingerprint density at radius 1 is 1.13 bits per heavy atom. The van der Waals surface area contributed by atoms with E-state index in [1.165, 1.54) is 0 Å². The highest BCUT2D eigenvalue weighted by Crippen LogP contribution is 2.25. The number of pyridine rings is 2. The lowest BCUT2D eigenvalue weighted by molar-refractivity contribution is 1.25. The molecule has 0 atom stereocenters. The van der Waals surface area contributed by atoms with Crippen LogP contribution in [0.4, 0.5) is 0 Å². The third-order valence-corrected chi connectivity index (χ3v) is 2.43. The molecule has 0 bridgehead atoms. The molecule has 0 saturated heterocycles. The van der Waals surface area contributed by atoms with Crippen molar-refractivity contribution in [3.05, 3.63) is 46.3 Å². The molecule has 0 aliphatic heterocycles. The topological polar surface area (TPSA) is 25.8 Å². The number of hydrogen-bond donors (Lipinski definition) is 0. The van der Waals surface area contributed by atoms with Crippen molar-refractivity contribution in [1.29, 1.82) is 0 Å². The minimum absolute atomic E-state index is 0.377. The first-order chi connectivity index (χ1) is 7.16. The van der Waals surface area contributed by atoms with E-state index in [0.29, 0.717) is 10.3 Å². The number of aromatic nitrogens is 2. The molecule has 0 amide bonds. The zero-order valence-electron chi connectivity index (χ0n) is 8.04. The van der Waals surface area contributed by atoms with Crippen LogP contribution in [0.1, 0.15) is 5.56 Å². The normalized spacial score (nSPS) is 10.3. The van der Waals surface area contributed by atoms with Crippen LogP contribution in [-0.4, -0.2) is 9.97 Å². The molecule has 0 radical (unpaired) electrons. The van der Waals surface area contributed by atoms with Crippen molar-refractivity contribution in [2.24, 2.45) is 0 Å². The van der Waals surface area contributed by atoms with Gasteiger partial charge in [0.2, 0.25) is 0 Å². The zero-order valence-corrected chi connectivity index (χ0v) is 9.55. The predicted octanol–water partition coefficient (Wildman–Crippen LogP) is 3.76. The van der Waals surface area contributed by atoms with Crippen LogP contribution in [0.15, 0.2) is 30.5 Å². The average Bonchev–Trinajstić information content (AvgIpc) is 2.16. The minimum Gasteiger partial charge on any atom is -0.256 e. The summed E-state index contributed by atoms with van der Waals surface area (Å²) in [4.78, 5) is 8.18. The number of halogens is 2. The smallest absolute Gasteiger partial charge is 0.131 e. The number of hydrogen-bond acceptors (Lipinski definition) is 2. The van der Waals surface area contributed by atoms with E-state index in [-0.39, 0.29) is 0 Å². The third-order valence-electron chi connectivity index (χ3n) is 2.05. The maximum absolute atomic E-state index is 5.83. The molecule has 15 heavy (non-hydrogen) atoms. The van der Waals surface area contributed by atoms with Gasteiger partial charge in [0, 0.05) is 11.8 Å². The van der Waals surface area contributed by atoms with Gasteiger partial charge in [0.25, 0.3) is 0 Å². The highest BCUT2D eigenvalue weighted by atomic mass is 35.5. The molecular weight excluding hydrogens is 231 g/mol. The first-order valence-corrected chi connectivity index (χ1v) is 5.17. The van der Waals surface area contributed by atoms with Gasteiger partial charge in [-0.1, -0.05) is 29.3 Å². The van der Waals surface area contributed by atoms with Crippen LogP contribution in [0.2, 0.25) is 10.3 Å². The number of nitrogens with zero attached hydrogens (tertiary/aromatic N) is 2. The van der Waals surface area contributed by atoms with E-state index in [1.54, 1.807) is 18.3 Å². The molecule has 2 nitrogen and oxygen atoms in total. The second-order valence-electron chi connectivity index (χ2n) is 3.17. The summed E-state index contributed by atoms with van der Waals surface area (Å²) in [7, 11) is 0. The second-order valence-corrected chi connectivity index (χ2v) is 3.94. The Labute approximate surface area is 97.9 Å². The first-order valence-electron chi connectivity index (χ1n) is 4.42. The molecule has 0 fully saturated rings. The Balaban J connectivity index is 2.59. The molecule has 0 aromatic carbocycles. The SMILES string of the molecule is Cc1cccnc1-c1cc(Cl)nc(Cl)c1. The van der Waals surface area contributed by atoms with Crippen molar-refractivity contribution in [3.8, 4) is 11.3 Å². The van der Waals surface area contributed by atoms with Crippen LogP contribution in [-0.2, 0) is 0 Å². The quantitative estimate of drug-likeness (QED) is 0.708. The summed E-state index contributed by atoms with van der Waals surface area (Å²) in [6.45, 7) is 1.99. The number of aryl methyl sites for hydroxylation is 1. The third kappa shape index (κ3) is 2.28. The van der Waals surface area contributed by atoms with E-state index in [4.69, 9.17) is 23.2 Å². The molecule has 0 N–H and O–H groups in total. The predicted molar refractivity (Wildman–Crippen MR) is 62.2 cm³/mol. The van der Waals surface area contributed by atoms with E-state index in [1.807, 2.05) is 19.1 Å². The molecule has 2 heterocycles. The Kier molecular flexibility index (Phi) is 2.89. The molecule has 76 valence electrons. The Morgan fingerprint density at radius 2 is 1.80 bits per heavy atom. The Hall–Kier alpha value is -1.12. The molecule has 2 aromatic heterocycles. The minimum atomic E-state index is 0.377. The van der Waals surface area contributed by atoms with Crippen molar-refractivity contribution in [1.82, 2.24) is 9.97 Å². The summed E-state index contributed by atoms with van der Waals surface area (Å²) < 4.78 is 0. The van der Waals surface area contributed by atoms with Gasteiger partial charge in [0.15, 0.2) is 0 Å². The van der Waals surface area contributed by atoms with E-state index in [0.717, 1.165) is 16.8 Å². The lowest BCUT2D eigenvalue weighted by Crippen LogP contribution is -1.88. The second kappa shape index (κ2) is 4.17. The molecule has 4 heteroatoms. The highest BCUT2D eigenvalue weighted by Gasteiger charge is 2.05. The zero-order chi connectivity index (χ0) is 10.8. The van der Waals surface area contributed by atoms with Crippen LogP contribution in [0, 0.1) is 6.92 Å². The van der Waals surface area contributed by atoms with Crippen molar-refractivity contribution >= 4 is 23.2 Å². The van der Waals surface area contributed by atoms with Gasteiger partial charge in [-0.25, -0.2) is 4.98 Å². The molecule has 0 aliphatic carbocycles. The van der Waals surface area contributed by atoms with Gasteiger partial charge >= 0.3 is 0 Å². The van der Waals surface area contributed by atoms with Crippen molar-refractivity contribution < 1.29 is 0 Å². The van der Waals surface area contributed by atoms with Gasteiger partial charge in [-0.05, 0) is 30.7 Å². The largest absolute Gasteiger partial charge is 0.256 e. The molecular formula is C11H8Cl2N2.